The van der Waals surface area contributed by atoms with Crippen molar-refractivity contribution >= 4 is 23.2 Å². The third-order valence-corrected chi connectivity index (χ3v) is 3.11. The third-order valence-electron chi connectivity index (χ3n) is 2.91. The smallest absolute Gasteiger partial charge is 0.291 e. The van der Waals surface area contributed by atoms with Gasteiger partial charge in [-0.25, -0.2) is 4.98 Å². The average molecular weight is 302 g/mol. The van der Waals surface area contributed by atoms with Gasteiger partial charge < -0.3 is 14.3 Å². The maximum atomic E-state index is 12.0. The van der Waals surface area contributed by atoms with E-state index in [0.29, 0.717) is 12.2 Å². The normalized spacial score (nSPS) is 10.5. The molecule has 2 heterocycles. The van der Waals surface area contributed by atoms with E-state index in [-0.39, 0.29) is 16.9 Å². The van der Waals surface area contributed by atoms with Gasteiger partial charge in [0.1, 0.15) is 0 Å². The topological polar surface area (TPSA) is 60.1 Å². The number of imidazole rings is 1. The molecule has 106 valence electrons. The molecule has 21 heavy (non-hydrogen) atoms. The summed E-state index contributed by atoms with van der Waals surface area (Å²) in [5.41, 5.74) is 1.76. The van der Waals surface area contributed by atoms with E-state index in [2.05, 4.69) is 10.3 Å². The highest BCUT2D eigenvalue weighted by Gasteiger charge is 2.10. The van der Waals surface area contributed by atoms with Crippen molar-refractivity contribution in [1.29, 1.82) is 0 Å². The van der Waals surface area contributed by atoms with Gasteiger partial charge in [-0.2, -0.15) is 0 Å². The number of nitrogens with zero attached hydrogens (tertiary/aromatic N) is 2. The fourth-order valence-corrected chi connectivity index (χ4v) is 2.11. The summed E-state index contributed by atoms with van der Waals surface area (Å²) in [7, 11) is 0. The van der Waals surface area contributed by atoms with Crippen LogP contribution in [0, 0.1) is 0 Å². The van der Waals surface area contributed by atoms with Gasteiger partial charge >= 0.3 is 0 Å². The Bertz CT molecular complexity index is 750. The number of hydrogen-bond donors (Lipinski definition) is 1. The second-order valence-corrected chi connectivity index (χ2v) is 4.87. The molecular weight excluding hydrogens is 290 g/mol. The molecule has 0 unspecified atom stereocenters. The Labute approximate surface area is 126 Å². The monoisotopic (exact) mass is 301 g/mol. The number of anilines is 1. The summed E-state index contributed by atoms with van der Waals surface area (Å²) in [5, 5.41) is 2.96. The number of aromatic nitrogens is 2. The van der Waals surface area contributed by atoms with Crippen LogP contribution in [0.25, 0.3) is 0 Å². The highest BCUT2D eigenvalue weighted by atomic mass is 35.5. The summed E-state index contributed by atoms with van der Waals surface area (Å²) in [4.78, 5) is 16.0. The first kappa shape index (κ1) is 13.5. The Balaban J connectivity index is 1.72. The number of furan rings is 1. The van der Waals surface area contributed by atoms with Crippen molar-refractivity contribution in [2.75, 3.05) is 5.32 Å². The van der Waals surface area contributed by atoms with Crippen molar-refractivity contribution in [3.8, 4) is 0 Å². The molecule has 1 aromatic carbocycles. The van der Waals surface area contributed by atoms with Gasteiger partial charge in [0.05, 0.1) is 6.33 Å². The Morgan fingerprint density at radius 2 is 2.24 bits per heavy atom. The van der Waals surface area contributed by atoms with Crippen LogP contribution < -0.4 is 5.32 Å². The van der Waals surface area contributed by atoms with E-state index in [9.17, 15) is 4.79 Å². The quantitative estimate of drug-likeness (QED) is 0.803. The maximum Gasteiger partial charge on any atom is 0.291 e. The Hall–Kier alpha value is -2.53. The van der Waals surface area contributed by atoms with Gasteiger partial charge in [-0.15, -0.1) is 0 Å². The van der Waals surface area contributed by atoms with Gasteiger partial charge in [0.25, 0.3) is 5.91 Å². The van der Waals surface area contributed by atoms with Crippen molar-refractivity contribution in [3.05, 3.63) is 71.7 Å². The summed E-state index contributed by atoms with van der Waals surface area (Å²) in [6.07, 6.45) is 5.36. The van der Waals surface area contributed by atoms with Crippen molar-refractivity contribution in [3.63, 3.8) is 0 Å². The highest BCUT2D eigenvalue weighted by molar-refractivity contribution is 6.29. The van der Waals surface area contributed by atoms with Gasteiger partial charge in [0.2, 0.25) is 0 Å². The van der Waals surface area contributed by atoms with E-state index in [0.717, 1.165) is 5.56 Å². The number of hydrogen-bond acceptors (Lipinski definition) is 3. The molecule has 0 spiro atoms. The maximum absolute atomic E-state index is 12.0. The molecule has 3 aromatic rings. The fourth-order valence-electron chi connectivity index (χ4n) is 1.97. The Morgan fingerprint density at radius 3 is 2.95 bits per heavy atom. The zero-order chi connectivity index (χ0) is 14.7. The van der Waals surface area contributed by atoms with Crippen molar-refractivity contribution < 1.29 is 9.21 Å². The number of rotatable bonds is 4. The molecule has 0 bridgehead atoms. The molecule has 6 heteroatoms. The molecule has 0 saturated carbocycles. The SMILES string of the molecule is O=C(Nc1cccc(Cn2ccnc2)c1)c1ccc(Cl)o1. The summed E-state index contributed by atoms with van der Waals surface area (Å²) in [6.45, 7) is 0.691. The summed E-state index contributed by atoms with van der Waals surface area (Å²) >= 11 is 5.66. The number of carbonyl (C=O) groups is 1. The molecule has 5 nitrogen and oxygen atoms in total. The minimum atomic E-state index is -0.332. The lowest BCUT2D eigenvalue weighted by Crippen LogP contribution is -2.11. The van der Waals surface area contributed by atoms with E-state index in [1.54, 1.807) is 12.5 Å². The Kier molecular flexibility index (Phi) is 3.75. The molecule has 0 aliphatic carbocycles. The number of halogens is 1. The van der Waals surface area contributed by atoms with Gasteiger partial charge in [0, 0.05) is 24.6 Å². The van der Waals surface area contributed by atoms with Crippen LogP contribution in [-0.4, -0.2) is 15.5 Å². The van der Waals surface area contributed by atoms with Crippen LogP contribution in [-0.2, 0) is 6.54 Å². The van der Waals surface area contributed by atoms with Crippen molar-refractivity contribution in [2.24, 2.45) is 0 Å². The molecule has 0 aliphatic rings. The summed E-state index contributed by atoms with van der Waals surface area (Å²) in [6, 6.07) is 10.7. The second-order valence-electron chi connectivity index (χ2n) is 4.49. The predicted molar refractivity (Wildman–Crippen MR) is 79.4 cm³/mol. The zero-order valence-corrected chi connectivity index (χ0v) is 11.7. The number of amides is 1. The van der Waals surface area contributed by atoms with Gasteiger partial charge in [-0.1, -0.05) is 12.1 Å². The van der Waals surface area contributed by atoms with Crippen LogP contribution in [0.4, 0.5) is 5.69 Å². The van der Waals surface area contributed by atoms with Crippen LogP contribution in [0.15, 0.2) is 59.5 Å². The van der Waals surface area contributed by atoms with Gasteiger partial charge in [-0.05, 0) is 41.4 Å². The van der Waals surface area contributed by atoms with Crippen LogP contribution in [0.1, 0.15) is 16.1 Å². The molecule has 0 fully saturated rings. The van der Waals surface area contributed by atoms with Crippen molar-refractivity contribution in [2.45, 2.75) is 6.54 Å². The fraction of sp³-hybridized carbons (Fsp3) is 0.0667. The van der Waals surface area contributed by atoms with Crippen LogP contribution in [0.3, 0.4) is 0 Å². The van der Waals surface area contributed by atoms with E-state index >= 15 is 0 Å². The van der Waals surface area contributed by atoms with E-state index in [1.165, 1.54) is 12.1 Å². The molecular formula is C15H12ClN3O2. The minimum absolute atomic E-state index is 0.181. The number of carbonyl (C=O) groups excluding carboxylic acids is 1. The lowest BCUT2D eigenvalue weighted by Gasteiger charge is -2.07. The zero-order valence-electron chi connectivity index (χ0n) is 11.0. The summed E-state index contributed by atoms with van der Waals surface area (Å²) < 4.78 is 7.03. The lowest BCUT2D eigenvalue weighted by molar-refractivity contribution is 0.0997. The molecule has 3 rings (SSSR count). The average Bonchev–Trinajstić information content (AvgIpc) is 3.11. The standard InChI is InChI=1S/C15H12ClN3O2/c16-14-5-4-13(21-14)15(20)18-12-3-1-2-11(8-12)9-19-7-6-17-10-19/h1-8,10H,9H2,(H,18,20). The van der Waals surface area contributed by atoms with Crippen LogP contribution in [0.5, 0.6) is 0 Å². The largest absolute Gasteiger partial charge is 0.440 e. The first-order chi connectivity index (χ1) is 10.2. The van der Waals surface area contributed by atoms with Gasteiger partial charge in [-0.3, -0.25) is 4.79 Å². The van der Waals surface area contributed by atoms with E-state index in [1.807, 2.05) is 35.0 Å². The number of benzene rings is 1. The van der Waals surface area contributed by atoms with Crippen LogP contribution in [0.2, 0.25) is 5.22 Å². The van der Waals surface area contributed by atoms with E-state index < -0.39 is 0 Å². The van der Waals surface area contributed by atoms with Gasteiger partial charge in [0.15, 0.2) is 11.0 Å². The highest BCUT2D eigenvalue weighted by Crippen LogP contribution is 2.16. The molecule has 0 aliphatic heterocycles. The minimum Gasteiger partial charge on any atom is -0.440 e. The second kappa shape index (κ2) is 5.85. The molecule has 0 radical (unpaired) electrons. The lowest BCUT2D eigenvalue weighted by atomic mass is 10.2. The first-order valence-corrected chi connectivity index (χ1v) is 6.70. The molecule has 0 saturated heterocycles. The Morgan fingerprint density at radius 1 is 1.33 bits per heavy atom. The predicted octanol–water partition coefficient (Wildman–Crippen LogP) is 3.43. The van der Waals surface area contributed by atoms with Crippen molar-refractivity contribution in [1.82, 2.24) is 9.55 Å². The van der Waals surface area contributed by atoms with Crippen LogP contribution >= 0.6 is 11.6 Å². The molecule has 0 atom stereocenters. The number of nitrogens with one attached hydrogen (secondary N) is 1. The molecule has 1 N–H and O–H groups in total. The molecule has 2 aromatic heterocycles. The van der Waals surface area contributed by atoms with E-state index in [4.69, 9.17) is 16.0 Å². The first-order valence-electron chi connectivity index (χ1n) is 6.32. The summed E-state index contributed by atoms with van der Waals surface area (Å²) in [5.74, 6) is -0.151. The molecule has 1 amide bonds. The third kappa shape index (κ3) is 3.32.